The molecule has 0 N–H and O–H groups in total. The molecular formula is C17H22N2O. The van der Waals surface area contributed by atoms with E-state index in [9.17, 15) is 10.1 Å². The zero-order valence-electron chi connectivity index (χ0n) is 12.1. The fourth-order valence-electron chi connectivity index (χ4n) is 2.43. The Morgan fingerprint density at radius 2 is 2.10 bits per heavy atom. The van der Waals surface area contributed by atoms with Gasteiger partial charge in [0.05, 0.1) is 6.07 Å². The summed E-state index contributed by atoms with van der Waals surface area (Å²) in [5, 5.41) is 9.33. The summed E-state index contributed by atoms with van der Waals surface area (Å²) in [6.07, 6.45) is 3.91. The van der Waals surface area contributed by atoms with Gasteiger partial charge in [0, 0.05) is 13.1 Å². The van der Waals surface area contributed by atoms with Gasteiger partial charge < -0.3 is 4.90 Å². The van der Waals surface area contributed by atoms with Crippen molar-refractivity contribution in [3.63, 3.8) is 0 Å². The van der Waals surface area contributed by atoms with E-state index in [1.165, 1.54) is 12.8 Å². The molecule has 1 saturated carbocycles. The van der Waals surface area contributed by atoms with Gasteiger partial charge in [0.25, 0.3) is 0 Å². The second-order valence-corrected chi connectivity index (χ2v) is 5.60. The number of amides is 1. The van der Waals surface area contributed by atoms with Crippen molar-refractivity contribution in [1.29, 1.82) is 5.26 Å². The molecule has 1 aliphatic rings. The van der Waals surface area contributed by atoms with E-state index in [1.807, 2.05) is 35.2 Å². The minimum absolute atomic E-state index is 0.00473. The van der Waals surface area contributed by atoms with Crippen LogP contribution in [-0.4, -0.2) is 23.9 Å². The predicted molar refractivity (Wildman–Crippen MR) is 78.8 cm³/mol. The molecule has 20 heavy (non-hydrogen) atoms. The maximum atomic E-state index is 12.5. The van der Waals surface area contributed by atoms with Crippen LogP contribution in [0.2, 0.25) is 0 Å². The molecule has 1 fully saturated rings. The highest BCUT2D eigenvalue weighted by atomic mass is 16.2. The molecule has 0 spiro atoms. The summed E-state index contributed by atoms with van der Waals surface area (Å²) in [5.74, 6) is 0.120. The lowest BCUT2D eigenvalue weighted by molar-refractivity contribution is -0.134. The molecule has 0 bridgehead atoms. The van der Waals surface area contributed by atoms with Crippen LogP contribution in [0.15, 0.2) is 30.3 Å². The first kappa shape index (κ1) is 14.6. The van der Waals surface area contributed by atoms with Gasteiger partial charge in [0.2, 0.25) is 5.91 Å². The first-order valence-electron chi connectivity index (χ1n) is 7.47. The van der Waals surface area contributed by atoms with E-state index < -0.39 is 5.92 Å². The number of carbonyl (C=O) groups is 1. The Hall–Kier alpha value is -1.82. The fraction of sp³-hybridized carbons (Fsp3) is 0.529. The van der Waals surface area contributed by atoms with Crippen LogP contribution in [0.1, 0.15) is 31.7 Å². The van der Waals surface area contributed by atoms with Gasteiger partial charge in [-0.1, -0.05) is 37.3 Å². The third-order valence-electron chi connectivity index (χ3n) is 3.72. The second-order valence-electron chi connectivity index (χ2n) is 5.60. The number of nitrogens with zero attached hydrogens (tertiary/aromatic N) is 2. The van der Waals surface area contributed by atoms with Crippen molar-refractivity contribution in [3.05, 3.63) is 35.9 Å². The predicted octanol–water partition coefficient (Wildman–Crippen LogP) is 3.02. The average molecular weight is 270 g/mol. The number of benzene rings is 1. The van der Waals surface area contributed by atoms with E-state index in [1.54, 1.807) is 0 Å². The number of nitriles is 1. The summed E-state index contributed by atoms with van der Waals surface area (Å²) >= 11 is 0. The van der Waals surface area contributed by atoms with Crippen LogP contribution < -0.4 is 0 Å². The Kier molecular flexibility index (Phi) is 5.17. The van der Waals surface area contributed by atoms with Gasteiger partial charge in [-0.05, 0) is 37.2 Å². The molecule has 106 valence electrons. The Labute approximate surface area is 121 Å². The topological polar surface area (TPSA) is 44.1 Å². The number of rotatable bonds is 7. The van der Waals surface area contributed by atoms with Crippen LogP contribution in [0.5, 0.6) is 0 Å². The monoisotopic (exact) mass is 270 g/mol. The molecule has 3 nitrogen and oxygen atoms in total. The molecule has 1 aromatic carbocycles. The van der Waals surface area contributed by atoms with Crippen LogP contribution in [0.25, 0.3) is 0 Å². The van der Waals surface area contributed by atoms with Gasteiger partial charge in [-0.25, -0.2) is 0 Å². The average Bonchev–Trinajstić information content (AvgIpc) is 3.29. The molecule has 1 aliphatic carbocycles. The highest BCUT2D eigenvalue weighted by Gasteiger charge is 2.30. The highest BCUT2D eigenvalue weighted by Crippen LogP contribution is 2.30. The second kappa shape index (κ2) is 7.09. The number of hydrogen-bond acceptors (Lipinski definition) is 2. The zero-order valence-corrected chi connectivity index (χ0v) is 12.1. The number of hydrogen-bond donors (Lipinski definition) is 0. The van der Waals surface area contributed by atoms with Gasteiger partial charge in [-0.15, -0.1) is 0 Å². The summed E-state index contributed by atoms with van der Waals surface area (Å²) in [5.41, 5.74) is 1.05. The molecular weight excluding hydrogens is 248 g/mol. The summed E-state index contributed by atoms with van der Waals surface area (Å²) < 4.78 is 0. The van der Waals surface area contributed by atoms with Crippen molar-refractivity contribution in [1.82, 2.24) is 4.90 Å². The van der Waals surface area contributed by atoms with E-state index in [0.29, 0.717) is 12.3 Å². The van der Waals surface area contributed by atoms with Gasteiger partial charge in [0.1, 0.15) is 5.92 Å². The van der Waals surface area contributed by atoms with Crippen molar-refractivity contribution in [2.45, 2.75) is 32.6 Å². The lowest BCUT2D eigenvalue weighted by Crippen LogP contribution is -2.38. The molecule has 2 rings (SSSR count). The first-order chi connectivity index (χ1) is 9.74. The van der Waals surface area contributed by atoms with Crippen LogP contribution in [-0.2, 0) is 11.2 Å². The molecule has 0 aromatic heterocycles. The van der Waals surface area contributed by atoms with Crippen molar-refractivity contribution >= 4 is 5.91 Å². The van der Waals surface area contributed by atoms with E-state index in [0.717, 1.165) is 25.1 Å². The summed E-state index contributed by atoms with van der Waals surface area (Å²) in [7, 11) is 0. The molecule has 1 amide bonds. The smallest absolute Gasteiger partial charge is 0.240 e. The van der Waals surface area contributed by atoms with E-state index in [-0.39, 0.29) is 5.91 Å². The van der Waals surface area contributed by atoms with Gasteiger partial charge in [-0.3, -0.25) is 4.79 Å². The molecule has 3 heteroatoms. The van der Waals surface area contributed by atoms with E-state index in [2.05, 4.69) is 13.0 Å². The molecule has 1 atom stereocenters. The maximum absolute atomic E-state index is 12.5. The largest absolute Gasteiger partial charge is 0.341 e. The quantitative estimate of drug-likeness (QED) is 0.764. The van der Waals surface area contributed by atoms with Crippen molar-refractivity contribution in [3.8, 4) is 6.07 Å². The summed E-state index contributed by atoms with van der Waals surface area (Å²) in [6.45, 7) is 3.67. The standard InChI is InChI=1S/C17H22N2O/c1-2-10-19(13-15-8-9-15)17(20)16(12-18)11-14-6-4-3-5-7-14/h3-7,15-16H,2,8-11,13H2,1H3. The molecule has 0 aliphatic heterocycles. The van der Waals surface area contributed by atoms with Crippen molar-refractivity contribution in [2.75, 3.05) is 13.1 Å². The highest BCUT2D eigenvalue weighted by molar-refractivity contribution is 5.81. The van der Waals surface area contributed by atoms with Crippen LogP contribution >= 0.6 is 0 Å². The van der Waals surface area contributed by atoms with E-state index >= 15 is 0 Å². The van der Waals surface area contributed by atoms with Crippen LogP contribution in [0, 0.1) is 23.2 Å². The third kappa shape index (κ3) is 4.09. The summed E-state index contributed by atoms with van der Waals surface area (Å²) in [4.78, 5) is 14.4. The normalized spacial score (nSPS) is 15.4. The molecule has 0 saturated heterocycles. The SMILES string of the molecule is CCCN(CC1CC1)C(=O)C(C#N)Cc1ccccc1. The Bertz CT molecular complexity index is 474. The third-order valence-corrected chi connectivity index (χ3v) is 3.72. The lowest BCUT2D eigenvalue weighted by Gasteiger charge is -2.24. The van der Waals surface area contributed by atoms with Gasteiger partial charge in [-0.2, -0.15) is 5.26 Å². The fourth-order valence-corrected chi connectivity index (χ4v) is 2.43. The van der Waals surface area contributed by atoms with Crippen LogP contribution in [0.4, 0.5) is 0 Å². The molecule has 1 unspecified atom stereocenters. The minimum Gasteiger partial charge on any atom is -0.341 e. The molecule has 0 heterocycles. The van der Waals surface area contributed by atoms with Gasteiger partial charge in [0.15, 0.2) is 0 Å². The lowest BCUT2D eigenvalue weighted by atomic mass is 9.99. The Morgan fingerprint density at radius 3 is 2.65 bits per heavy atom. The van der Waals surface area contributed by atoms with E-state index in [4.69, 9.17) is 0 Å². The van der Waals surface area contributed by atoms with Gasteiger partial charge >= 0.3 is 0 Å². The Morgan fingerprint density at radius 1 is 1.40 bits per heavy atom. The number of carbonyl (C=O) groups excluding carboxylic acids is 1. The zero-order chi connectivity index (χ0) is 14.4. The van der Waals surface area contributed by atoms with Crippen molar-refractivity contribution < 1.29 is 4.79 Å². The first-order valence-corrected chi connectivity index (χ1v) is 7.47. The summed E-state index contributed by atoms with van der Waals surface area (Å²) in [6, 6.07) is 12.0. The van der Waals surface area contributed by atoms with Crippen LogP contribution in [0.3, 0.4) is 0 Å². The Balaban J connectivity index is 2.00. The van der Waals surface area contributed by atoms with Crippen molar-refractivity contribution in [2.24, 2.45) is 11.8 Å². The molecule has 0 radical (unpaired) electrons. The minimum atomic E-state index is -0.553. The maximum Gasteiger partial charge on any atom is 0.240 e. The molecule has 1 aromatic rings.